The van der Waals surface area contributed by atoms with Crippen molar-refractivity contribution in [1.82, 2.24) is 4.90 Å². The van der Waals surface area contributed by atoms with Crippen LogP contribution in [0.15, 0.2) is 12.1 Å². The summed E-state index contributed by atoms with van der Waals surface area (Å²) >= 11 is 0. The number of hydrogen-bond donors (Lipinski definition) is 1. The van der Waals surface area contributed by atoms with Crippen molar-refractivity contribution in [3.05, 3.63) is 27.8 Å². The first-order valence-corrected chi connectivity index (χ1v) is 6.81. The van der Waals surface area contributed by atoms with E-state index in [0.717, 1.165) is 6.07 Å². The van der Waals surface area contributed by atoms with Crippen molar-refractivity contribution in [3.8, 4) is 11.5 Å². The van der Waals surface area contributed by atoms with Crippen molar-refractivity contribution in [3.63, 3.8) is 0 Å². The number of nitrogens with zero attached hydrogens (tertiary/aromatic N) is 2. The largest absolute Gasteiger partial charge is 0.493 e. The number of carbonyl (C=O) groups is 2. The number of benzene rings is 1. The second-order valence-electron chi connectivity index (χ2n) is 5.06. The molecule has 9 heteroatoms. The molecule has 1 heterocycles. The van der Waals surface area contributed by atoms with E-state index in [2.05, 4.69) is 0 Å². The zero-order chi connectivity index (χ0) is 17.1. The Kier molecular flexibility index (Phi) is 4.68. The predicted octanol–water partition coefficient (Wildman–Crippen LogP) is 1.16. The highest BCUT2D eigenvalue weighted by molar-refractivity contribution is 5.96. The van der Waals surface area contributed by atoms with Gasteiger partial charge in [0.05, 0.1) is 30.6 Å². The van der Waals surface area contributed by atoms with Crippen LogP contribution < -0.4 is 9.47 Å². The van der Waals surface area contributed by atoms with Gasteiger partial charge in [-0.3, -0.25) is 19.7 Å². The first kappa shape index (κ1) is 16.5. The molecule has 1 fully saturated rings. The van der Waals surface area contributed by atoms with E-state index in [1.807, 2.05) is 0 Å². The Bertz CT molecular complexity index is 659. The fourth-order valence-corrected chi connectivity index (χ4v) is 2.53. The fourth-order valence-electron chi connectivity index (χ4n) is 2.53. The van der Waals surface area contributed by atoms with Crippen LogP contribution in [-0.4, -0.2) is 54.1 Å². The molecular formula is C14H16N2O7. The zero-order valence-electron chi connectivity index (χ0n) is 12.6. The molecule has 0 radical (unpaired) electrons. The number of carbonyl (C=O) groups excluding carboxylic acids is 1. The molecule has 1 aliphatic heterocycles. The Morgan fingerprint density at radius 2 is 2.04 bits per heavy atom. The van der Waals surface area contributed by atoms with Crippen LogP contribution in [0.3, 0.4) is 0 Å². The molecule has 0 aromatic heterocycles. The first-order chi connectivity index (χ1) is 10.9. The third kappa shape index (κ3) is 3.17. The first-order valence-electron chi connectivity index (χ1n) is 6.81. The van der Waals surface area contributed by atoms with E-state index in [0.29, 0.717) is 6.42 Å². The van der Waals surface area contributed by atoms with Crippen LogP contribution in [-0.2, 0) is 4.79 Å². The molecule has 23 heavy (non-hydrogen) atoms. The summed E-state index contributed by atoms with van der Waals surface area (Å²) in [6, 6.07) is 2.46. The van der Waals surface area contributed by atoms with E-state index in [1.54, 1.807) is 0 Å². The van der Waals surface area contributed by atoms with Gasteiger partial charge in [0.15, 0.2) is 5.75 Å². The second kappa shape index (κ2) is 6.51. The van der Waals surface area contributed by atoms with Gasteiger partial charge in [0.25, 0.3) is 5.91 Å². The monoisotopic (exact) mass is 324 g/mol. The molecule has 0 aliphatic carbocycles. The van der Waals surface area contributed by atoms with Crippen LogP contribution in [0.1, 0.15) is 16.8 Å². The summed E-state index contributed by atoms with van der Waals surface area (Å²) in [6.07, 6.45) is 0.358. The van der Waals surface area contributed by atoms with Gasteiger partial charge >= 0.3 is 11.7 Å². The number of likely N-dealkylation sites (tertiary alicyclic amines) is 1. The minimum Gasteiger partial charge on any atom is -0.493 e. The molecule has 1 atom stereocenters. The van der Waals surface area contributed by atoms with E-state index in [1.165, 1.54) is 25.2 Å². The van der Waals surface area contributed by atoms with E-state index in [-0.39, 0.29) is 35.8 Å². The number of amides is 1. The van der Waals surface area contributed by atoms with Gasteiger partial charge in [-0.2, -0.15) is 0 Å². The standard InChI is InChI=1S/C14H16N2O7/c1-22-11-6-9(5-10(16(20)21)12(11)23-2)13(17)15-4-3-8(7-15)14(18)19/h5-6,8H,3-4,7H2,1-2H3,(H,18,19). The molecule has 1 N–H and O–H groups in total. The lowest BCUT2D eigenvalue weighted by Crippen LogP contribution is -2.30. The summed E-state index contributed by atoms with van der Waals surface area (Å²) in [5, 5.41) is 20.1. The normalized spacial score (nSPS) is 17.0. The van der Waals surface area contributed by atoms with Crippen molar-refractivity contribution in [2.45, 2.75) is 6.42 Å². The molecule has 0 spiro atoms. The number of nitro groups is 1. The van der Waals surface area contributed by atoms with Crippen molar-refractivity contribution in [2.24, 2.45) is 5.92 Å². The Balaban J connectivity index is 2.36. The van der Waals surface area contributed by atoms with Gasteiger partial charge in [-0.1, -0.05) is 0 Å². The summed E-state index contributed by atoms with van der Waals surface area (Å²) < 4.78 is 10.0. The number of aliphatic carboxylic acids is 1. The predicted molar refractivity (Wildman–Crippen MR) is 77.8 cm³/mol. The van der Waals surface area contributed by atoms with Gasteiger partial charge in [-0.25, -0.2) is 0 Å². The molecule has 1 aliphatic rings. The highest BCUT2D eigenvalue weighted by atomic mass is 16.6. The van der Waals surface area contributed by atoms with Crippen LogP contribution in [0.2, 0.25) is 0 Å². The van der Waals surface area contributed by atoms with Crippen molar-refractivity contribution in [1.29, 1.82) is 0 Å². The molecule has 9 nitrogen and oxygen atoms in total. The Morgan fingerprint density at radius 1 is 1.35 bits per heavy atom. The molecule has 124 valence electrons. The van der Waals surface area contributed by atoms with Gasteiger partial charge in [0.2, 0.25) is 5.75 Å². The van der Waals surface area contributed by atoms with Gasteiger partial charge in [-0.15, -0.1) is 0 Å². The van der Waals surface area contributed by atoms with Gasteiger partial charge in [0.1, 0.15) is 0 Å². The van der Waals surface area contributed by atoms with Gasteiger partial charge in [0, 0.05) is 19.2 Å². The number of ether oxygens (including phenoxy) is 2. The van der Waals surface area contributed by atoms with Crippen LogP contribution in [0, 0.1) is 16.0 Å². The maximum absolute atomic E-state index is 12.5. The lowest BCUT2D eigenvalue weighted by atomic mass is 10.1. The summed E-state index contributed by atoms with van der Waals surface area (Å²) in [7, 11) is 2.58. The van der Waals surface area contributed by atoms with E-state index in [9.17, 15) is 19.7 Å². The van der Waals surface area contributed by atoms with Crippen molar-refractivity contribution < 1.29 is 29.1 Å². The number of carboxylic acid groups (broad SMARTS) is 1. The summed E-state index contributed by atoms with van der Waals surface area (Å²) in [5.41, 5.74) is -0.329. The number of rotatable bonds is 5. The smallest absolute Gasteiger partial charge is 0.315 e. The summed E-state index contributed by atoms with van der Waals surface area (Å²) in [5.74, 6) is -2.05. The molecule has 2 rings (SSSR count). The quantitative estimate of drug-likeness (QED) is 0.637. The van der Waals surface area contributed by atoms with Crippen molar-refractivity contribution >= 4 is 17.6 Å². The Labute approximate surface area is 131 Å². The molecule has 0 bridgehead atoms. The van der Waals surface area contributed by atoms with E-state index in [4.69, 9.17) is 14.6 Å². The Hall–Kier alpha value is -2.84. The average molecular weight is 324 g/mol. The van der Waals surface area contributed by atoms with Crippen LogP contribution in [0.5, 0.6) is 11.5 Å². The molecule has 1 unspecified atom stereocenters. The number of carboxylic acids is 1. The lowest BCUT2D eigenvalue weighted by Gasteiger charge is -2.17. The number of methoxy groups -OCH3 is 2. The SMILES string of the molecule is COc1cc(C(=O)N2CCC(C(=O)O)C2)cc([N+](=O)[O-])c1OC. The maximum Gasteiger partial charge on any atom is 0.315 e. The molecule has 1 amide bonds. The average Bonchev–Trinajstić information content (AvgIpc) is 3.02. The fraction of sp³-hybridized carbons (Fsp3) is 0.429. The summed E-state index contributed by atoms with van der Waals surface area (Å²) in [6.45, 7) is 0.369. The van der Waals surface area contributed by atoms with Crippen molar-refractivity contribution in [2.75, 3.05) is 27.3 Å². The minimum absolute atomic E-state index is 0.0559. The van der Waals surface area contributed by atoms with Crippen LogP contribution >= 0.6 is 0 Å². The zero-order valence-corrected chi connectivity index (χ0v) is 12.6. The number of nitro benzene ring substituents is 1. The highest BCUT2D eigenvalue weighted by Gasteiger charge is 2.33. The molecule has 1 aromatic carbocycles. The molecule has 0 saturated carbocycles. The molecular weight excluding hydrogens is 308 g/mol. The highest BCUT2D eigenvalue weighted by Crippen LogP contribution is 2.38. The van der Waals surface area contributed by atoms with E-state index < -0.39 is 22.7 Å². The maximum atomic E-state index is 12.5. The minimum atomic E-state index is -0.960. The molecule has 1 saturated heterocycles. The van der Waals surface area contributed by atoms with E-state index >= 15 is 0 Å². The topological polar surface area (TPSA) is 119 Å². The Morgan fingerprint density at radius 3 is 2.52 bits per heavy atom. The second-order valence-corrected chi connectivity index (χ2v) is 5.06. The van der Waals surface area contributed by atoms with Gasteiger partial charge in [-0.05, 0) is 12.5 Å². The van der Waals surface area contributed by atoms with Crippen LogP contribution in [0.4, 0.5) is 5.69 Å². The lowest BCUT2D eigenvalue weighted by molar-refractivity contribution is -0.385. The summed E-state index contributed by atoms with van der Waals surface area (Å²) in [4.78, 5) is 35.3. The third-order valence-electron chi connectivity index (χ3n) is 3.73. The van der Waals surface area contributed by atoms with Crippen LogP contribution in [0.25, 0.3) is 0 Å². The van der Waals surface area contributed by atoms with Gasteiger partial charge < -0.3 is 19.5 Å². The molecule has 1 aromatic rings. The third-order valence-corrected chi connectivity index (χ3v) is 3.73. The number of hydrogen-bond acceptors (Lipinski definition) is 6.